The number of hydrogen-bond acceptors (Lipinski definition) is 4. The van der Waals surface area contributed by atoms with Crippen LogP contribution in [0.3, 0.4) is 0 Å². The van der Waals surface area contributed by atoms with Gasteiger partial charge in [0.15, 0.2) is 5.76 Å². The van der Waals surface area contributed by atoms with Gasteiger partial charge < -0.3 is 5.11 Å². The van der Waals surface area contributed by atoms with Gasteiger partial charge >= 0.3 is 0 Å². The van der Waals surface area contributed by atoms with E-state index in [2.05, 4.69) is 15.9 Å². The smallest absolute Gasteiger partial charge is 0.295 e. The van der Waals surface area contributed by atoms with Crippen LogP contribution in [0.1, 0.15) is 29.7 Å². The maximum atomic E-state index is 13.6. The van der Waals surface area contributed by atoms with E-state index in [-0.39, 0.29) is 9.80 Å². The van der Waals surface area contributed by atoms with E-state index in [1.54, 1.807) is 36.4 Å². The first-order valence-corrected chi connectivity index (χ1v) is 12.4. The third kappa shape index (κ3) is 3.87. The standard InChI is InChI=1S/C25H22BrNO4S/c1-3-17-6-8-18(9-7-17)22-24(32(30,31)21-14-4-16(2)5-15-21)23(28)25(29)27(22)20-12-10-19(26)11-13-20/h4-15,22,28H,3H2,1-2H3. The summed E-state index contributed by atoms with van der Waals surface area (Å²) >= 11 is 3.38. The van der Waals surface area contributed by atoms with Crippen LogP contribution in [0.2, 0.25) is 0 Å². The van der Waals surface area contributed by atoms with Crippen molar-refractivity contribution in [3.8, 4) is 0 Å². The number of hydrogen-bond donors (Lipinski definition) is 1. The molecular weight excluding hydrogens is 490 g/mol. The molecule has 0 bridgehead atoms. The van der Waals surface area contributed by atoms with Gasteiger partial charge in [-0.05, 0) is 60.9 Å². The highest BCUT2D eigenvalue weighted by molar-refractivity contribution is 9.10. The number of rotatable bonds is 5. The molecule has 7 heteroatoms. The number of anilines is 1. The van der Waals surface area contributed by atoms with Gasteiger partial charge in [-0.1, -0.05) is 64.8 Å². The molecule has 3 aromatic carbocycles. The van der Waals surface area contributed by atoms with Gasteiger partial charge in [0, 0.05) is 10.2 Å². The number of amides is 1. The normalized spacial score (nSPS) is 16.7. The molecule has 0 saturated heterocycles. The number of halogens is 1. The number of carbonyl (C=O) groups excluding carboxylic acids is 1. The molecule has 1 amide bonds. The molecule has 1 atom stereocenters. The number of nitrogens with zero attached hydrogens (tertiary/aromatic N) is 1. The summed E-state index contributed by atoms with van der Waals surface area (Å²) < 4.78 is 28.1. The van der Waals surface area contributed by atoms with Crippen LogP contribution >= 0.6 is 15.9 Å². The summed E-state index contributed by atoms with van der Waals surface area (Å²) in [5.41, 5.74) is 3.09. The van der Waals surface area contributed by atoms with Crippen molar-refractivity contribution in [3.05, 3.63) is 105 Å². The van der Waals surface area contributed by atoms with Crippen molar-refractivity contribution < 1.29 is 18.3 Å². The minimum atomic E-state index is -4.14. The molecule has 0 spiro atoms. The van der Waals surface area contributed by atoms with E-state index in [1.807, 2.05) is 38.1 Å². The molecule has 1 unspecified atom stereocenters. The zero-order valence-electron chi connectivity index (χ0n) is 17.6. The van der Waals surface area contributed by atoms with E-state index in [0.717, 1.165) is 22.0 Å². The second-order valence-corrected chi connectivity index (χ2v) is 10.5. The van der Waals surface area contributed by atoms with Gasteiger partial charge in [-0.15, -0.1) is 0 Å². The lowest BCUT2D eigenvalue weighted by molar-refractivity contribution is -0.117. The van der Waals surface area contributed by atoms with E-state index in [9.17, 15) is 18.3 Å². The van der Waals surface area contributed by atoms with Crippen LogP contribution in [0.5, 0.6) is 0 Å². The minimum Gasteiger partial charge on any atom is -0.502 e. The van der Waals surface area contributed by atoms with Gasteiger partial charge in [-0.3, -0.25) is 9.69 Å². The highest BCUT2D eigenvalue weighted by Gasteiger charge is 2.47. The van der Waals surface area contributed by atoms with Gasteiger partial charge in [0.05, 0.1) is 4.90 Å². The Morgan fingerprint density at radius 2 is 1.53 bits per heavy atom. The Hall–Kier alpha value is -2.90. The highest BCUT2D eigenvalue weighted by Crippen LogP contribution is 2.45. The summed E-state index contributed by atoms with van der Waals surface area (Å²) in [5, 5.41) is 10.8. The summed E-state index contributed by atoms with van der Waals surface area (Å²) in [6.45, 7) is 3.89. The number of carbonyl (C=O) groups is 1. The third-order valence-electron chi connectivity index (χ3n) is 5.59. The van der Waals surface area contributed by atoms with Crippen molar-refractivity contribution >= 4 is 37.4 Å². The van der Waals surface area contributed by atoms with Gasteiger partial charge in [-0.2, -0.15) is 0 Å². The number of aliphatic hydroxyl groups excluding tert-OH is 1. The molecule has 5 nitrogen and oxygen atoms in total. The molecule has 1 heterocycles. The first-order valence-electron chi connectivity index (χ1n) is 10.2. The summed E-state index contributed by atoms with van der Waals surface area (Å²) in [6, 6.07) is 19.8. The number of aliphatic hydroxyl groups is 1. The van der Waals surface area contributed by atoms with Gasteiger partial charge in [0.25, 0.3) is 5.91 Å². The average molecular weight is 512 g/mol. The van der Waals surface area contributed by atoms with Crippen molar-refractivity contribution in [1.29, 1.82) is 0 Å². The Morgan fingerprint density at radius 3 is 2.09 bits per heavy atom. The van der Waals surface area contributed by atoms with Crippen LogP contribution in [-0.2, 0) is 21.1 Å². The fourth-order valence-corrected chi connectivity index (χ4v) is 5.70. The second kappa shape index (κ2) is 8.56. The second-order valence-electron chi connectivity index (χ2n) is 7.68. The molecule has 3 aromatic rings. The monoisotopic (exact) mass is 511 g/mol. The molecule has 164 valence electrons. The Kier molecular flexibility index (Phi) is 5.97. The van der Waals surface area contributed by atoms with Crippen molar-refractivity contribution in [2.24, 2.45) is 0 Å². The maximum absolute atomic E-state index is 13.6. The van der Waals surface area contributed by atoms with E-state index in [0.29, 0.717) is 11.3 Å². The summed E-state index contributed by atoms with van der Waals surface area (Å²) in [4.78, 5) is 14.2. The van der Waals surface area contributed by atoms with Crippen LogP contribution < -0.4 is 4.90 Å². The SMILES string of the molecule is CCc1ccc(C2C(S(=O)(=O)c3ccc(C)cc3)=C(O)C(=O)N2c2ccc(Br)cc2)cc1. The lowest BCUT2D eigenvalue weighted by Gasteiger charge is -2.27. The summed E-state index contributed by atoms with van der Waals surface area (Å²) in [6.07, 6.45) is 0.829. The first-order chi connectivity index (χ1) is 15.2. The summed E-state index contributed by atoms with van der Waals surface area (Å²) in [5.74, 6) is -1.50. The molecule has 0 aliphatic carbocycles. The summed E-state index contributed by atoms with van der Waals surface area (Å²) in [7, 11) is -4.14. The molecule has 0 saturated carbocycles. The molecule has 1 aliphatic heterocycles. The molecule has 0 aromatic heterocycles. The predicted molar refractivity (Wildman–Crippen MR) is 128 cm³/mol. The Labute approximate surface area is 196 Å². The van der Waals surface area contributed by atoms with Crippen LogP contribution in [0.25, 0.3) is 0 Å². The van der Waals surface area contributed by atoms with E-state index in [4.69, 9.17) is 0 Å². The van der Waals surface area contributed by atoms with E-state index in [1.165, 1.54) is 17.0 Å². The van der Waals surface area contributed by atoms with Gasteiger partial charge in [0.1, 0.15) is 10.9 Å². The van der Waals surface area contributed by atoms with E-state index < -0.39 is 27.5 Å². The van der Waals surface area contributed by atoms with Crippen molar-refractivity contribution in [2.45, 2.75) is 31.2 Å². The molecule has 32 heavy (non-hydrogen) atoms. The number of sulfone groups is 1. The predicted octanol–water partition coefficient (Wildman–Crippen LogP) is 5.65. The Bertz CT molecular complexity index is 1300. The Balaban J connectivity index is 1.92. The fourth-order valence-electron chi connectivity index (χ4n) is 3.81. The maximum Gasteiger partial charge on any atom is 0.295 e. The fraction of sp³-hybridized carbons (Fsp3) is 0.160. The highest BCUT2D eigenvalue weighted by atomic mass is 79.9. The van der Waals surface area contributed by atoms with Crippen molar-refractivity contribution in [1.82, 2.24) is 0 Å². The minimum absolute atomic E-state index is 0.0327. The zero-order valence-corrected chi connectivity index (χ0v) is 20.0. The molecule has 4 rings (SSSR count). The zero-order chi connectivity index (χ0) is 23.0. The first kappa shape index (κ1) is 22.3. The quantitative estimate of drug-likeness (QED) is 0.480. The van der Waals surface area contributed by atoms with Crippen LogP contribution in [0, 0.1) is 6.92 Å². The Morgan fingerprint density at radius 1 is 0.938 bits per heavy atom. The topological polar surface area (TPSA) is 74.7 Å². The van der Waals surface area contributed by atoms with E-state index >= 15 is 0 Å². The van der Waals surface area contributed by atoms with Crippen LogP contribution in [-0.4, -0.2) is 19.4 Å². The molecule has 1 N–H and O–H groups in total. The van der Waals surface area contributed by atoms with Crippen LogP contribution in [0.4, 0.5) is 5.69 Å². The number of aryl methyl sites for hydroxylation is 2. The molecule has 1 aliphatic rings. The lowest BCUT2D eigenvalue weighted by atomic mass is 10.0. The average Bonchev–Trinajstić information content (AvgIpc) is 3.06. The molecule has 0 radical (unpaired) electrons. The third-order valence-corrected chi connectivity index (χ3v) is 8.01. The molecule has 0 fully saturated rings. The van der Waals surface area contributed by atoms with Gasteiger partial charge in [0.2, 0.25) is 9.84 Å². The van der Waals surface area contributed by atoms with Crippen molar-refractivity contribution in [3.63, 3.8) is 0 Å². The van der Waals surface area contributed by atoms with Crippen LogP contribution in [0.15, 0.2) is 92.8 Å². The van der Waals surface area contributed by atoms with Gasteiger partial charge in [-0.25, -0.2) is 8.42 Å². The largest absolute Gasteiger partial charge is 0.502 e. The molecular formula is C25H22BrNO4S. The van der Waals surface area contributed by atoms with Crippen molar-refractivity contribution in [2.75, 3.05) is 4.90 Å². The number of benzene rings is 3. The lowest BCUT2D eigenvalue weighted by Crippen LogP contribution is -2.31.